The van der Waals surface area contributed by atoms with Gasteiger partial charge in [0.2, 0.25) is 0 Å². The van der Waals surface area contributed by atoms with Crippen LogP contribution in [0.15, 0.2) is 11.4 Å². The van der Waals surface area contributed by atoms with Crippen LogP contribution in [0.5, 0.6) is 0 Å². The van der Waals surface area contributed by atoms with E-state index in [9.17, 15) is 9.90 Å². The van der Waals surface area contributed by atoms with Crippen molar-refractivity contribution in [3.05, 3.63) is 14.3 Å². The Kier molecular flexibility index (Phi) is 2.85. The molecule has 2 aromatic heterocycles. The van der Waals surface area contributed by atoms with Gasteiger partial charge in [0.25, 0.3) is 0 Å². The monoisotopic (exact) mass is 376 g/mol. The average Bonchev–Trinajstić information content (AvgIpc) is 2.84. The molecule has 0 aromatic carbocycles. The van der Waals surface area contributed by atoms with Gasteiger partial charge in [-0.05, 0) is 58.3 Å². The smallest absolute Gasteiger partial charge is 0.331 e. The van der Waals surface area contributed by atoms with Gasteiger partial charge in [0.05, 0.1) is 2.88 Å². The van der Waals surface area contributed by atoms with Gasteiger partial charge in [0.15, 0.2) is 11.4 Å². The number of tetrazole rings is 1. The first-order valence-electron chi connectivity index (χ1n) is 5.40. The summed E-state index contributed by atoms with van der Waals surface area (Å²) in [4.78, 5) is 11.5. The van der Waals surface area contributed by atoms with E-state index in [0.717, 1.165) is 14.9 Å². The van der Waals surface area contributed by atoms with E-state index in [1.54, 1.807) is 11.3 Å². The second-order valence-corrected chi connectivity index (χ2v) is 7.05. The Morgan fingerprint density at radius 2 is 2.33 bits per heavy atom. The van der Waals surface area contributed by atoms with Gasteiger partial charge in [-0.3, -0.25) is 0 Å². The number of rotatable bonds is 3. The molecule has 0 atom stereocenters. The lowest BCUT2D eigenvalue weighted by atomic mass is 9.77. The quantitative estimate of drug-likeness (QED) is 0.829. The van der Waals surface area contributed by atoms with E-state index in [1.165, 1.54) is 4.68 Å². The number of hydrogen-bond donors (Lipinski definition) is 1. The van der Waals surface area contributed by atoms with E-state index in [0.29, 0.717) is 18.7 Å². The van der Waals surface area contributed by atoms with E-state index in [2.05, 4.69) is 38.1 Å². The molecule has 1 saturated carbocycles. The van der Waals surface area contributed by atoms with Crippen molar-refractivity contribution >= 4 is 39.9 Å². The van der Waals surface area contributed by atoms with E-state index in [4.69, 9.17) is 0 Å². The van der Waals surface area contributed by atoms with Crippen LogP contribution < -0.4 is 0 Å². The largest absolute Gasteiger partial charge is 0.479 e. The third-order valence-electron chi connectivity index (χ3n) is 3.28. The molecule has 0 radical (unpaired) electrons. The number of carbonyl (C=O) groups is 1. The Labute approximate surface area is 120 Å². The topological polar surface area (TPSA) is 80.9 Å². The van der Waals surface area contributed by atoms with Gasteiger partial charge >= 0.3 is 5.97 Å². The molecule has 6 nitrogen and oxygen atoms in total. The summed E-state index contributed by atoms with van der Waals surface area (Å²) < 4.78 is 2.59. The van der Waals surface area contributed by atoms with Gasteiger partial charge in [0.1, 0.15) is 0 Å². The van der Waals surface area contributed by atoms with E-state index in [1.807, 2.05) is 11.4 Å². The molecule has 0 amide bonds. The summed E-state index contributed by atoms with van der Waals surface area (Å²) in [6.07, 6.45) is 2.07. The summed E-state index contributed by atoms with van der Waals surface area (Å²) in [7, 11) is 0. The normalized spacial score (nSPS) is 17.4. The molecular weight excluding hydrogens is 367 g/mol. The van der Waals surface area contributed by atoms with Crippen LogP contribution in [-0.2, 0) is 10.3 Å². The van der Waals surface area contributed by atoms with Crippen molar-refractivity contribution in [1.82, 2.24) is 20.2 Å². The number of aliphatic carboxylic acids is 1. The van der Waals surface area contributed by atoms with Crippen LogP contribution in [0.25, 0.3) is 11.4 Å². The predicted molar refractivity (Wildman–Crippen MR) is 73.3 cm³/mol. The lowest BCUT2D eigenvalue weighted by Crippen LogP contribution is -2.48. The molecule has 8 heteroatoms. The maximum Gasteiger partial charge on any atom is 0.331 e. The number of halogens is 1. The van der Waals surface area contributed by atoms with Crippen molar-refractivity contribution in [1.29, 1.82) is 0 Å². The Bertz CT molecular complexity index is 605. The first-order valence-corrected chi connectivity index (χ1v) is 7.36. The third kappa shape index (κ3) is 1.66. The van der Waals surface area contributed by atoms with Crippen LogP contribution in [0.4, 0.5) is 0 Å². The molecule has 0 bridgehead atoms. The number of aromatic nitrogens is 4. The van der Waals surface area contributed by atoms with Gasteiger partial charge < -0.3 is 5.11 Å². The minimum absolute atomic E-state index is 0.538. The van der Waals surface area contributed by atoms with Crippen LogP contribution >= 0.6 is 33.9 Å². The molecule has 1 N–H and O–H groups in total. The molecule has 2 heterocycles. The Balaban J connectivity index is 2.09. The number of carboxylic acids is 1. The maximum atomic E-state index is 11.5. The lowest BCUT2D eigenvalue weighted by Gasteiger charge is -2.37. The summed E-state index contributed by atoms with van der Waals surface area (Å²) >= 11 is 3.81. The molecule has 0 unspecified atom stereocenters. The molecule has 0 saturated heterocycles. The molecule has 3 rings (SSSR count). The van der Waals surface area contributed by atoms with Gasteiger partial charge in [-0.2, -0.15) is 0 Å². The molecular formula is C10H9IN4O2S. The fourth-order valence-corrected chi connectivity index (χ4v) is 3.44. The second kappa shape index (κ2) is 4.26. The first-order chi connectivity index (χ1) is 8.63. The van der Waals surface area contributed by atoms with Crippen LogP contribution in [0.1, 0.15) is 19.3 Å². The van der Waals surface area contributed by atoms with Crippen LogP contribution in [0.2, 0.25) is 0 Å². The third-order valence-corrected chi connectivity index (χ3v) is 5.07. The van der Waals surface area contributed by atoms with E-state index in [-0.39, 0.29) is 0 Å². The maximum absolute atomic E-state index is 11.5. The van der Waals surface area contributed by atoms with Crippen LogP contribution in [0.3, 0.4) is 0 Å². The van der Waals surface area contributed by atoms with Crippen molar-refractivity contribution < 1.29 is 9.90 Å². The van der Waals surface area contributed by atoms with Crippen molar-refractivity contribution in [3.63, 3.8) is 0 Å². The fraction of sp³-hybridized carbons (Fsp3) is 0.400. The highest BCUT2D eigenvalue weighted by Crippen LogP contribution is 2.41. The summed E-state index contributed by atoms with van der Waals surface area (Å²) in [6, 6.07) is 1.96. The van der Waals surface area contributed by atoms with Crippen molar-refractivity contribution in [3.8, 4) is 11.4 Å². The summed E-state index contributed by atoms with van der Waals surface area (Å²) in [5.41, 5.74) is -0.0754. The average molecular weight is 376 g/mol. The number of thiophene rings is 1. The van der Waals surface area contributed by atoms with E-state index >= 15 is 0 Å². The zero-order valence-corrected chi connectivity index (χ0v) is 12.2. The second-order valence-electron chi connectivity index (χ2n) is 4.24. The Hall–Kier alpha value is -1.03. The highest BCUT2D eigenvalue weighted by Gasteiger charge is 2.49. The Morgan fingerprint density at radius 1 is 1.56 bits per heavy atom. The number of nitrogens with zero attached hydrogens (tertiary/aromatic N) is 4. The van der Waals surface area contributed by atoms with Gasteiger partial charge in [-0.25, -0.2) is 9.48 Å². The van der Waals surface area contributed by atoms with Crippen molar-refractivity contribution in [2.24, 2.45) is 0 Å². The highest BCUT2D eigenvalue weighted by molar-refractivity contribution is 14.1. The molecule has 1 fully saturated rings. The summed E-state index contributed by atoms with van der Waals surface area (Å²) in [5, 5.41) is 22.9. The van der Waals surface area contributed by atoms with Crippen LogP contribution in [0, 0.1) is 2.88 Å². The van der Waals surface area contributed by atoms with E-state index < -0.39 is 11.5 Å². The zero-order chi connectivity index (χ0) is 12.8. The van der Waals surface area contributed by atoms with Crippen LogP contribution in [-0.4, -0.2) is 31.3 Å². The highest BCUT2D eigenvalue weighted by atomic mass is 127. The van der Waals surface area contributed by atoms with Gasteiger partial charge in [-0.15, -0.1) is 16.4 Å². The van der Waals surface area contributed by atoms with Crippen molar-refractivity contribution in [2.45, 2.75) is 24.8 Å². The molecule has 94 valence electrons. The molecule has 0 aliphatic heterocycles. The zero-order valence-electron chi connectivity index (χ0n) is 9.21. The molecule has 0 spiro atoms. The number of hydrogen-bond acceptors (Lipinski definition) is 5. The molecule has 18 heavy (non-hydrogen) atoms. The van der Waals surface area contributed by atoms with Crippen molar-refractivity contribution in [2.75, 3.05) is 0 Å². The summed E-state index contributed by atoms with van der Waals surface area (Å²) in [5.74, 6) is -0.316. The SMILES string of the molecule is O=C(O)C1(n2nnnc2-c2csc(I)c2)CCC1. The summed E-state index contributed by atoms with van der Waals surface area (Å²) in [6.45, 7) is 0. The first kappa shape index (κ1) is 12.0. The fourth-order valence-electron chi connectivity index (χ4n) is 2.11. The van der Waals surface area contributed by atoms with Gasteiger partial charge in [0, 0.05) is 10.9 Å². The lowest BCUT2D eigenvalue weighted by molar-refractivity contribution is -0.153. The minimum atomic E-state index is -0.952. The molecule has 2 aromatic rings. The molecule has 1 aliphatic rings. The standard InChI is InChI=1S/C10H9IN4O2S/c11-7-4-6(5-18-7)8-12-13-14-15(8)10(9(16)17)2-1-3-10/h4-5H,1-3H2,(H,16,17). The number of carboxylic acid groups (broad SMARTS) is 1. The van der Waals surface area contributed by atoms with Gasteiger partial charge in [-0.1, -0.05) is 0 Å². The predicted octanol–water partition coefficient (Wildman–Crippen LogP) is 1.97. The minimum Gasteiger partial charge on any atom is -0.479 e. The Morgan fingerprint density at radius 3 is 2.83 bits per heavy atom. The molecule has 1 aliphatic carbocycles.